The second kappa shape index (κ2) is 4.13. The number of rotatable bonds is 3. The Balaban J connectivity index is 3.07. The second-order valence-corrected chi connectivity index (χ2v) is 3.38. The molecule has 1 heterocycles. The molecule has 1 rings (SSSR count). The number of nitrogens with one attached hydrogen (secondary N) is 1. The van der Waals surface area contributed by atoms with Crippen LogP contribution >= 0.6 is 0 Å². The van der Waals surface area contributed by atoms with Gasteiger partial charge in [-0.15, -0.1) is 0 Å². The summed E-state index contributed by atoms with van der Waals surface area (Å²) in [6.45, 7) is 3.72. The Morgan fingerprint density at radius 2 is 2.21 bits per heavy atom. The fourth-order valence-corrected chi connectivity index (χ4v) is 1.38. The quantitative estimate of drug-likeness (QED) is 0.721. The molecule has 0 aromatic carbocycles. The molecule has 0 radical (unpaired) electrons. The Morgan fingerprint density at radius 1 is 1.57 bits per heavy atom. The highest BCUT2D eigenvalue weighted by atomic mass is 16.5. The molecular formula is C9H14N2O3. The van der Waals surface area contributed by atoms with E-state index in [1.807, 2.05) is 13.8 Å². The van der Waals surface area contributed by atoms with Crippen molar-refractivity contribution in [3.63, 3.8) is 0 Å². The molecule has 5 nitrogen and oxygen atoms in total. The van der Waals surface area contributed by atoms with Gasteiger partial charge in [0, 0.05) is 12.4 Å². The first-order chi connectivity index (χ1) is 6.57. The summed E-state index contributed by atoms with van der Waals surface area (Å²) in [7, 11) is 1.31. The molecule has 1 atom stereocenters. The Morgan fingerprint density at radius 3 is 2.57 bits per heavy atom. The maximum Gasteiger partial charge on any atom is 0.329 e. The van der Waals surface area contributed by atoms with E-state index in [0.717, 1.165) is 0 Å². The van der Waals surface area contributed by atoms with Crippen molar-refractivity contribution >= 4 is 5.97 Å². The molecule has 0 saturated heterocycles. The normalized spacial score (nSPS) is 12.9. The van der Waals surface area contributed by atoms with Gasteiger partial charge in [0.05, 0.1) is 7.11 Å². The first kappa shape index (κ1) is 10.6. The molecule has 0 aliphatic heterocycles. The molecule has 1 N–H and O–H groups in total. The number of hydrogen-bond donors (Lipinski definition) is 1. The van der Waals surface area contributed by atoms with Crippen molar-refractivity contribution in [1.29, 1.82) is 0 Å². The van der Waals surface area contributed by atoms with E-state index >= 15 is 0 Å². The molecule has 0 aliphatic rings. The average Bonchev–Trinajstić information content (AvgIpc) is 2.52. The van der Waals surface area contributed by atoms with Crippen molar-refractivity contribution < 1.29 is 9.53 Å². The van der Waals surface area contributed by atoms with Gasteiger partial charge in [-0.1, -0.05) is 13.8 Å². The van der Waals surface area contributed by atoms with Crippen LogP contribution in [-0.4, -0.2) is 22.6 Å². The zero-order valence-electron chi connectivity index (χ0n) is 8.48. The topological polar surface area (TPSA) is 64.1 Å². The van der Waals surface area contributed by atoms with Gasteiger partial charge in [0.25, 0.3) is 0 Å². The SMILES string of the molecule is COC(=O)C(C(C)C)n1cc[nH]c1=O. The van der Waals surface area contributed by atoms with E-state index in [1.165, 1.54) is 17.9 Å². The lowest BCUT2D eigenvalue weighted by molar-refractivity contribution is -0.146. The van der Waals surface area contributed by atoms with Crippen molar-refractivity contribution in [2.75, 3.05) is 7.11 Å². The molecule has 0 bridgehead atoms. The first-order valence-corrected chi connectivity index (χ1v) is 4.41. The summed E-state index contributed by atoms with van der Waals surface area (Å²) >= 11 is 0. The summed E-state index contributed by atoms with van der Waals surface area (Å²) in [4.78, 5) is 25.2. The predicted molar refractivity (Wildman–Crippen MR) is 50.9 cm³/mol. The van der Waals surface area contributed by atoms with Gasteiger partial charge in [0.15, 0.2) is 0 Å². The van der Waals surface area contributed by atoms with Gasteiger partial charge in [-0.25, -0.2) is 9.59 Å². The number of carbonyl (C=O) groups is 1. The highest BCUT2D eigenvalue weighted by Crippen LogP contribution is 2.16. The predicted octanol–water partition coefficient (Wildman–Crippen LogP) is 0.546. The van der Waals surface area contributed by atoms with Gasteiger partial charge in [0.1, 0.15) is 6.04 Å². The van der Waals surface area contributed by atoms with E-state index in [0.29, 0.717) is 0 Å². The van der Waals surface area contributed by atoms with Gasteiger partial charge in [-0.05, 0) is 5.92 Å². The monoisotopic (exact) mass is 198 g/mol. The van der Waals surface area contributed by atoms with E-state index in [1.54, 1.807) is 6.20 Å². The molecule has 0 aliphatic carbocycles. The number of methoxy groups -OCH3 is 1. The molecule has 0 saturated carbocycles. The highest BCUT2D eigenvalue weighted by molar-refractivity contribution is 5.74. The minimum Gasteiger partial charge on any atom is -0.467 e. The summed E-state index contributed by atoms with van der Waals surface area (Å²) in [5.74, 6) is -0.391. The maximum absolute atomic E-state index is 11.4. The van der Waals surface area contributed by atoms with Crippen LogP contribution in [0.2, 0.25) is 0 Å². The molecule has 14 heavy (non-hydrogen) atoms. The zero-order valence-corrected chi connectivity index (χ0v) is 8.48. The van der Waals surface area contributed by atoms with Gasteiger partial charge in [-0.3, -0.25) is 4.57 Å². The van der Waals surface area contributed by atoms with Crippen LogP contribution in [0.1, 0.15) is 19.9 Å². The van der Waals surface area contributed by atoms with Crippen LogP contribution < -0.4 is 5.69 Å². The molecule has 1 aromatic heterocycles. The fourth-order valence-electron chi connectivity index (χ4n) is 1.38. The number of imidazole rings is 1. The van der Waals surface area contributed by atoms with E-state index < -0.39 is 12.0 Å². The molecule has 1 unspecified atom stereocenters. The number of nitrogens with zero attached hydrogens (tertiary/aromatic N) is 1. The lowest BCUT2D eigenvalue weighted by atomic mass is 10.0. The maximum atomic E-state index is 11.4. The van der Waals surface area contributed by atoms with Crippen molar-refractivity contribution in [2.24, 2.45) is 5.92 Å². The molecule has 78 valence electrons. The third-order valence-corrected chi connectivity index (χ3v) is 2.05. The third kappa shape index (κ3) is 1.86. The van der Waals surface area contributed by atoms with Crippen LogP contribution in [0.4, 0.5) is 0 Å². The first-order valence-electron chi connectivity index (χ1n) is 4.41. The Kier molecular flexibility index (Phi) is 3.11. The number of hydrogen-bond acceptors (Lipinski definition) is 3. The Hall–Kier alpha value is -1.52. The molecule has 1 aromatic rings. The number of esters is 1. The second-order valence-electron chi connectivity index (χ2n) is 3.38. The van der Waals surface area contributed by atoms with Crippen LogP contribution in [-0.2, 0) is 9.53 Å². The zero-order chi connectivity index (χ0) is 10.7. The van der Waals surface area contributed by atoms with Crippen LogP contribution in [0.15, 0.2) is 17.2 Å². The Bertz CT molecular complexity index is 364. The number of ether oxygens (including phenoxy) is 1. The fraction of sp³-hybridized carbons (Fsp3) is 0.556. The lowest BCUT2D eigenvalue weighted by Gasteiger charge is -2.18. The van der Waals surface area contributed by atoms with Gasteiger partial charge < -0.3 is 9.72 Å². The van der Waals surface area contributed by atoms with Crippen molar-refractivity contribution in [3.05, 3.63) is 22.9 Å². The molecule has 5 heteroatoms. The van der Waals surface area contributed by atoms with Crippen molar-refractivity contribution in [1.82, 2.24) is 9.55 Å². The van der Waals surface area contributed by atoms with Crippen molar-refractivity contribution in [2.45, 2.75) is 19.9 Å². The number of H-pyrrole nitrogens is 1. The largest absolute Gasteiger partial charge is 0.467 e. The summed E-state index contributed by atoms with van der Waals surface area (Å²) in [5, 5.41) is 0. The highest BCUT2D eigenvalue weighted by Gasteiger charge is 2.25. The number of aromatic amines is 1. The molecule has 0 amide bonds. The molecular weight excluding hydrogens is 184 g/mol. The van der Waals surface area contributed by atoms with E-state index in [-0.39, 0.29) is 11.6 Å². The third-order valence-electron chi connectivity index (χ3n) is 2.05. The smallest absolute Gasteiger partial charge is 0.329 e. The Labute approximate surface area is 81.7 Å². The number of aromatic nitrogens is 2. The van der Waals surface area contributed by atoms with E-state index in [4.69, 9.17) is 0 Å². The van der Waals surface area contributed by atoms with Crippen LogP contribution in [0.25, 0.3) is 0 Å². The minimum atomic E-state index is -0.557. The standard InChI is InChI=1S/C9H14N2O3/c1-6(2)7(8(12)14-3)11-5-4-10-9(11)13/h4-7H,1-3H3,(H,10,13). The van der Waals surface area contributed by atoms with Crippen molar-refractivity contribution in [3.8, 4) is 0 Å². The minimum absolute atomic E-state index is 0.0101. The van der Waals surface area contributed by atoms with E-state index in [9.17, 15) is 9.59 Å². The number of carbonyl (C=O) groups excluding carboxylic acids is 1. The summed E-state index contributed by atoms with van der Waals surface area (Å²) < 4.78 is 5.98. The van der Waals surface area contributed by atoms with Crippen LogP contribution in [0, 0.1) is 5.92 Å². The summed E-state index contributed by atoms with van der Waals surface area (Å²) in [5.41, 5.74) is -0.297. The summed E-state index contributed by atoms with van der Waals surface area (Å²) in [6.07, 6.45) is 3.05. The van der Waals surface area contributed by atoms with Gasteiger partial charge >= 0.3 is 11.7 Å². The van der Waals surface area contributed by atoms with Crippen LogP contribution in [0.5, 0.6) is 0 Å². The lowest BCUT2D eigenvalue weighted by Crippen LogP contribution is -2.32. The van der Waals surface area contributed by atoms with E-state index in [2.05, 4.69) is 9.72 Å². The molecule has 0 fully saturated rings. The van der Waals surface area contributed by atoms with Gasteiger partial charge in [-0.2, -0.15) is 0 Å². The van der Waals surface area contributed by atoms with Gasteiger partial charge in [0.2, 0.25) is 0 Å². The summed E-state index contributed by atoms with van der Waals surface area (Å²) in [6, 6.07) is -0.557. The molecule has 0 spiro atoms. The average molecular weight is 198 g/mol. The van der Waals surface area contributed by atoms with Crippen LogP contribution in [0.3, 0.4) is 0 Å².